The Labute approximate surface area is 142 Å². The summed E-state index contributed by atoms with van der Waals surface area (Å²) in [4.78, 5) is 6.72. The summed E-state index contributed by atoms with van der Waals surface area (Å²) in [5, 5.41) is 9.32. The average molecular weight is 317 g/mol. The van der Waals surface area contributed by atoms with Gasteiger partial charge < -0.3 is 4.74 Å². The van der Waals surface area contributed by atoms with Crippen LogP contribution in [0.15, 0.2) is 54.7 Å². The predicted molar refractivity (Wildman–Crippen MR) is 91.9 cm³/mol. The Kier molecular flexibility index (Phi) is 4.12. The summed E-state index contributed by atoms with van der Waals surface area (Å²) in [7, 11) is 0. The molecule has 2 aromatic rings. The van der Waals surface area contributed by atoms with Gasteiger partial charge in [0, 0.05) is 24.3 Å². The highest BCUT2D eigenvalue weighted by molar-refractivity contribution is 5.71. The Bertz CT molecular complexity index is 794. The minimum absolute atomic E-state index is 0.249. The number of pyridine rings is 1. The van der Waals surface area contributed by atoms with Crippen molar-refractivity contribution < 1.29 is 4.74 Å². The van der Waals surface area contributed by atoms with Crippen molar-refractivity contribution in [2.75, 3.05) is 13.2 Å². The highest BCUT2D eigenvalue weighted by Gasteiger charge is 2.35. The average Bonchev–Trinajstić information content (AvgIpc) is 2.62. The highest BCUT2D eigenvalue weighted by atomic mass is 16.5. The number of nitriles is 1. The lowest BCUT2D eigenvalue weighted by atomic mass is 9.89. The van der Waals surface area contributed by atoms with E-state index in [1.807, 2.05) is 18.2 Å². The summed E-state index contributed by atoms with van der Waals surface area (Å²) >= 11 is 0. The third-order valence-electron chi connectivity index (χ3n) is 4.81. The molecule has 4 nitrogen and oxygen atoms in total. The van der Waals surface area contributed by atoms with E-state index in [2.05, 4.69) is 46.3 Å². The van der Waals surface area contributed by atoms with Crippen molar-refractivity contribution in [1.29, 1.82) is 5.26 Å². The minimum atomic E-state index is 0.249. The normalized spacial score (nSPS) is 23.4. The van der Waals surface area contributed by atoms with Gasteiger partial charge in [0.05, 0.1) is 19.3 Å². The molecule has 4 heteroatoms. The second-order valence-corrected chi connectivity index (χ2v) is 6.32. The first-order valence-corrected chi connectivity index (χ1v) is 8.29. The maximum Gasteiger partial charge on any atom is 0.147 e. The lowest BCUT2D eigenvalue weighted by molar-refractivity contribution is -0.0402. The van der Waals surface area contributed by atoms with Crippen LogP contribution in [-0.2, 0) is 11.3 Å². The van der Waals surface area contributed by atoms with Gasteiger partial charge in [-0.15, -0.1) is 0 Å². The molecule has 24 heavy (non-hydrogen) atoms. The second-order valence-electron chi connectivity index (χ2n) is 6.32. The van der Waals surface area contributed by atoms with Gasteiger partial charge in [-0.2, -0.15) is 5.26 Å². The number of benzene rings is 1. The fourth-order valence-corrected chi connectivity index (χ4v) is 3.66. The largest absolute Gasteiger partial charge is 0.378 e. The van der Waals surface area contributed by atoms with Gasteiger partial charge in [-0.05, 0) is 23.6 Å². The molecule has 1 saturated heterocycles. The first-order valence-electron chi connectivity index (χ1n) is 8.29. The van der Waals surface area contributed by atoms with E-state index in [0.717, 1.165) is 25.1 Å². The zero-order valence-corrected chi connectivity index (χ0v) is 13.4. The van der Waals surface area contributed by atoms with Gasteiger partial charge >= 0.3 is 0 Å². The SMILES string of the molecule is N#Cc1ncccc1C1=CC2COCC(C1)N2Cc1ccccc1. The monoisotopic (exact) mass is 317 g/mol. The summed E-state index contributed by atoms with van der Waals surface area (Å²) in [6.07, 6.45) is 4.83. The van der Waals surface area contributed by atoms with Crippen LogP contribution in [-0.4, -0.2) is 35.2 Å². The maximum absolute atomic E-state index is 9.32. The Hall–Kier alpha value is -2.48. The van der Waals surface area contributed by atoms with E-state index in [4.69, 9.17) is 4.74 Å². The Morgan fingerprint density at radius 2 is 2.04 bits per heavy atom. The van der Waals surface area contributed by atoms with Crippen LogP contribution in [0.3, 0.4) is 0 Å². The summed E-state index contributed by atoms with van der Waals surface area (Å²) in [5.41, 5.74) is 4.03. The summed E-state index contributed by atoms with van der Waals surface area (Å²) in [5.74, 6) is 0. The van der Waals surface area contributed by atoms with Crippen LogP contribution >= 0.6 is 0 Å². The topological polar surface area (TPSA) is 49.1 Å². The van der Waals surface area contributed by atoms with Gasteiger partial charge in [0.1, 0.15) is 11.8 Å². The second kappa shape index (κ2) is 6.56. The number of nitrogens with zero attached hydrogens (tertiary/aromatic N) is 3. The molecule has 2 unspecified atom stereocenters. The molecule has 2 bridgehead atoms. The number of morpholine rings is 1. The minimum Gasteiger partial charge on any atom is -0.378 e. The molecule has 3 heterocycles. The van der Waals surface area contributed by atoms with E-state index in [9.17, 15) is 5.26 Å². The van der Waals surface area contributed by atoms with Gasteiger partial charge in [0.2, 0.25) is 0 Å². The number of fused-ring (bicyclic) bond motifs is 2. The quantitative estimate of drug-likeness (QED) is 0.873. The standard InChI is InChI=1S/C20H19N3O/c21-11-20-19(7-4-8-22-20)16-9-17-13-24-14-18(10-16)23(17)12-15-5-2-1-3-6-15/h1-9,17-18H,10,12-14H2. The van der Waals surface area contributed by atoms with Crippen molar-refractivity contribution in [2.45, 2.75) is 25.0 Å². The van der Waals surface area contributed by atoms with Crippen LogP contribution in [0.1, 0.15) is 23.2 Å². The van der Waals surface area contributed by atoms with E-state index in [0.29, 0.717) is 18.3 Å². The van der Waals surface area contributed by atoms with Crippen LogP contribution in [0, 0.1) is 11.3 Å². The van der Waals surface area contributed by atoms with Gasteiger partial charge in [0.15, 0.2) is 0 Å². The molecule has 0 spiro atoms. The fraction of sp³-hybridized carbons (Fsp3) is 0.300. The number of ether oxygens (including phenoxy) is 1. The smallest absolute Gasteiger partial charge is 0.147 e. The van der Waals surface area contributed by atoms with Gasteiger partial charge in [-0.25, -0.2) is 4.98 Å². The van der Waals surface area contributed by atoms with Crippen molar-refractivity contribution in [2.24, 2.45) is 0 Å². The van der Waals surface area contributed by atoms with E-state index in [1.165, 1.54) is 11.1 Å². The molecule has 2 aliphatic heterocycles. The number of hydrogen-bond donors (Lipinski definition) is 0. The van der Waals surface area contributed by atoms with E-state index < -0.39 is 0 Å². The Balaban J connectivity index is 1.64. The molecule has 1 aromatic carbocycles. The molecule has 0 radical (unpaired) electrons. The van der Waals surface area contributed by atoms with Crippen LogP contribution in [0.25, 0.3) is 5.57 Å². The van der Waals surface area contributed by atoms with Crippen LogP contribution < -0.4 is 0 Å². The molecule has 0 aliphatic carbocycles. The van der Waals surface area contributed by atoms with Gasteiger partial charge in [-0.3, -0.25) is 4.90 Å². The van der Waals surface area contributed by atoms with Crippen molar-refractivity contribution in [3.05, 3.63) is 71.6 Å². The van der Waals surface area contributed by atoms with Gasteiger partial charge in [0.25, 0.3) is 0 Å². The predicted octanol–water partition coefficient (Wildman–Crippen LogP) is 3.01. The zero-order chi connectivity index (χ0) is 16.4. The molecule has 0 N–H and O–H groups in total. The summed E-state index contributed by atoms with van der Waals surface area (Å²) < 4.78 is 5.78. The van der Waals surface area contributed by atoms with Crippen LogP contribution in [0.5, 0.6) is 0 Å². The van der Waals surface area contributed by atoms with E-state index in [-0.39, 0.29) is 6.04 Å². The fourth-order valence-electron chi connectivity index (χ4n) is 3.66. The van der Waals surface area contributed by atoms with Crippen LogP contribution in [0.4, 0.5) is 0 Å². The molecule has 2 aliphatic rings. The number of aromatic nitrogens is 1. The first kappa shape index (κ1) is 15.1. The molecule has 0 amide bonds. The number of hydrogen-bond acceptors (Lipinski definition) is 4. The van der Waals surface area contributed by atoms with Crippen molar-refractivity contribution in [3.8, 4) is 6.07 Å². The maximum atomic E-state index is 9.32. The lowest BCUT2D eigenvalue weighted by Gasteiger charge is -2.44. The zero-order valence-electron chi connectivity index (χ0n) is 13.4. The lowest BCUT2D eigenvalue weighted by Crippen LogP contribution is -2.53. The number of rotatable bonds is 3. The molecular formula is C20H19N3O. The van der Waals surface area contributed by atoms with Gasteiger partial charge in [-0.1, -0.05) is 42.5 Å². The third kappa shape index (κ3) is 2.84. The third-order valence-corrected chi connectivity index (χ3v) is 4.81. The molecular weight excluding hydrogens is 298 g/mol. The van der Waals surface area contributed by atoms with Crippen molar-refractivity contribution >= 4 is 5.57 Å². The van der Waals surface area contributed by atoms with Crippen molar-refractivity contribution in [1.82, 2.24) is 9.88 Å². The molecule has 4 rings (SSSR count). The highest BCUT2D eigenvalue weighted by Crippen LogP contribution is 2.34. The van der Waals surface area contributed by atoms with Crippen LogP contribution in [0.2, 0.25) is 0 Å². The summed E-state index contributed by atoms with van der Waals surface area (Å²) in [6.45, 7) is 2.37. The Morgan fingerprint density at radius 1 is 1.17 bits per heavy atom. The molecule has 120 valence electrons. The van der Waals surface area contributed by atoms with E-state index >= 15 is 0 Å². The van der Waals surface area contributed by atoms with Crippen molar-refractivity contribution in [3.63, 3.8) is 0 Å². The Morgan fingerprint density at radius 3 is 2.83 bits per heavy atom. The summed E-state index contributed by atoms with van der Waals surface area (Å²) in [6, 6.07) is 17.3. The first-order chi connectivity index (χ1) is 11.8. The molecule has 2 atom stereocenters. The molecule has 0 saturated carbocycles. The van der Waals surface area contributed by atoms with E-state index in [1.54, 1.807) is 6.20 Å². The molecule has 1 aromatic heterocycles. The molecule has 1 fully saturated rings.